The highest BCUT2D eigenvalue weighted by Gasteiger charge is 2.79. The minimum absolute atomic E-state index is 0.341. The van der Waals surface area contributed by atoms with E-state index in [1.807, 2.05) is 0 Å². The molecule has 3 saturated carbocycles. The van der Waals surface area contributed by atoms with Crippen LogP contribution in [0.15, 0.2) is 48.5 Å². The van der Waals surface area contributed by atoms with Gasteiger partial charge in [-0.1, -0.05) is 61.3 Å². The van der Waals surface area contributed by atoms with Crippen LogP contribution in [0.1, 0.15) is 101 Å². The van der Waals surface area contributed by atoms with E-state index in [1.165, 1.54) is 11.1 Å². The number of benzene rings is 2. The number of rotatable bonds is 8. The van der Waals surface area contributed by atoms with Gasteiger partial charge in [0.15, 0.2) is 5.78 Å². The van der Waals surface area contributed by atoms with Gasteiger partial charge in [-0.05, 0) is 111 Å². The van der Waals surface area contributed by atoms with E-state index in [-0.39, 0.29) is 0 Å². The Morgan fingerprint density at radius 2 is 1.03 bits per heavy atom. The number of carbonyl (C=O) groups is 1. The fraction of sp³-hybridized carbons (Fsp3) is 0.594. The summed E-state index contributed by atoms with van der Waals surface area (Å²) < 4.78 is 10.5. The van der Waals surface area contributed by atoms with Gasteiger partial charge in [0.05, 0.1) is 24.0 Å². The molecule has 2 aromatic rings. The third-order valence-corrected chi connectivity index (χ3v) is 10.8. The summed E-state index contributed by atoms with van der Waals surface area (Å²) >= 11 is 14.4. The zero-order chi connectivity index (χ0) is 26.1. The quantitative estimate of drug-likeness (QED) is 0.312. The largest absolute Gasteiger partial charge is 0.494 e. The monoisotopic (exact) mass is 542 g/mol. The smallest absolute Gasteiger partial charge is 0.151 e. The number of alkyl halides is 2. The second kappa shape index (κ2) is 10.8. The lowest BCUT2D eigenvalue weighted by Gasteiger charge is -2.67. The summed E-state index contributed by atoms with van der Waals surface area (Å²) in [5, 5.41) is 0. The van der Waals surface area contributed by atoms with Gasteiger partial charge < -0.3 is 9.47 Å². The highest BCUT2D eigenvalue weighted by Crippen LogP contribution is 2.75. The molecule has 0 atom stereocenters. The van der Waals surface area contributed by atoms with Crippen LogP contribution in [0.4, 0.5) is 0 Å². The van der Waals surface area contributed by atoms with E-state index < -0.39 is 15.2 Å². The lowest BCUT2D eigenvalue weighted by molar-refractivity contribution is -0.170. The fourth-order valence-electron chi connectivity index (χ4n) is 7.22. The second-order valence-corrected chi connectivity index (χ2v) is 12.8. The third kappa shape index (κ3) is 4.59. The van der Waals surface area contributed by atoms with Crippen molar-refractivity contribution in [3.8, 4) is 11.5 Å². The van der Waals surface area contributed by atoms with E-state index in [0.717, 1.165) is 88.9 Å². The maximum absolute atomic E-state index is 13.9. The van der Waals surface area contributed by atoms with Gasteiger partial charge in [0.2, 0.25) is 0 Å². The van der Waals surface area contributed by atoms with Gasteiger partial charge in [-0.15, -0.1) is 0 Å². The number of carbonyl (C=O) groups excluding carboxylic acids is 1. The molecule has 200 valence electrons. The Morgan fingerprint density at radius 3 is 1.32 bits per heavy atom. The normalized spacial score (nSPS) is 30.8. The number of Topliss-reactive ketones (excluding diaryl/α,β-unsaturated/α-hetero) is 1. The van der Waals surface area contributed by atoms with Crippen LogP contribution < -0.4 is 9.47 Å². The van der Waals surface area contributed by atoms with Crippen molar-refractivity contribution in [2.75, 3.05) is 13.2 Å². The van der Waals surface area contributed by atoms with Gasteiger partial charge in [0, 0.05) is 0 Å². The molecule has 5 rings (SSSR count). The van der Waals surface area contributed by atoms with E-state index in [0.29, 0.717) is 17.6 Å². The number of halogens is 2. The molecule has 0 aliphatic heterocycles. The molecule has 0 N–H and O–H groups in total. The van der Waals surface area contributed by atoms with Gasteiger partial charge in [0.25, 0.3) is 0 Å². The Hall–Kier alpha value is -1.71. The van der Waals surface area contributed by atoms with E-state index in [4.69, 9.17) is 32.7 Å². The van der Waals surface area contributed by atoms with Crippen molar-refractivity contribution in [2.45, 2.75) is 94.2 Å². The van der Waals surface area contributed by atoms with Gasteiger partial charge in [0.1, 0.15) is 15.8 Å². The molecule has 0 unspecified atom stereocenters. The Morgan fingerprint density at radius 1 is 0.676 bits per heavy atom. The van der Waals surface area contributed by atoms with Crippen molar-refractivity contribution in [2.24, 2.45) is 10.8 Å². The molecule has 0 saturated heterocycles. The first-order chi connectivity index (χ1) is 17.9. The summed E-state index contributed by atoms with van der Waals surface area (Å²) in [4.78, 5) is 13.9. The molecule has 2 spiro atoms. The second-order valence-electron chi connectivity index (χ2n) is 11.5. The van der Waals surface area contributed by atoms with Crippen LogP contribution in [0.25, 0.3) is 0 Å². The molecular formula is C32H40Cl2O3. The zero-order valence-corrected chi connectivity index (χ0v) is 23.8. The molecule has 0 bridgehead atoms. The molecule has 0 amide bonds. The molecule has 2 aromatic carbocycles. The fourth-order valence-corrected chi connectivity index (χ4v) is 8.32. The van der Waals surface area contributed by atoms with E-state index in [9.17, 15) is 4.79 Å². The van der Waals surface area contributed by atoms with Gasteiger partial charge >= 0.3 is 0 Å². The van der Waals surface area contributed by atoms with Crippen LogP contribution in [0, 0.1) is 10.8 Å². The summed E-state index contributed by atoms with van der Waals surface area (Å²) in [6.07, 6.45) is 8.93. The van der Waals surface area contributed by atoms with Crippen molar-refractivity contribution in [3.05, 3.63) is 59.7 Å². The average molecular weight is 544 g/mol. The highest BCUT2D eigenvalue weighted by molar-refractivity contribution is 6.55. The molecule has 37 heavy (non-hydrogen) atoms. The molecular weight excluding hydrogens is 503 g/mol. The first-order valence-corrected chi connectivity index (χ1v) is 15.0. The first kappa shape index (κ1) is 26.9. The third-order valence-electron chi connectivity index (χ3n) is 9.40. The van der Waals surface area contributed by atoms with Crippen LogP contribution in [0.3, 0.4) is 0 Å². The standard InChI is InChI=1S/C32H40Cl2O3/c1-3-21-36-27-9-5-23(6-10-27)25-13-17-30(18-14-25)29(35)31(32(30,33)34)19-15-26(16-20-31)24-7-11-28(12-8-24)37-22-4-2/h5-12,25-26H,3-4,13-22H2,1-2H3. The number of hydrogen-bond donors (Lipinski definition) is 0. The topological polar surface area (TPSA) is 35.5 Å². The van der Waals surface area contributed by atoms with Gasteiger partial charge in [-0.25, -0.2) is 0 Å². The van der Waals surface area contributed by atoms with Gasteiger partial charge in [-0.2, -0.15) is 0 Å². The lowest BCUT2D eigenvalue weighted by Crippen LogP contribution is -2.74. The summed E-state index contributed by atoms with van der Waals surface area (Å²) in [5.74, 6) is 3.07. The van der Waals surface area contributed by atoms with Gasteiger partial charge in [-0.3, -0.25) is 4.79 Å². The SMILES string of the molecule is CCCOc1ccc(C2CCC3(CC2)C(=O)C2(CCC(c4ccc(OCCC)cc4)CC2)C3(Cl)Cl)cc1. The Kier molecular flexibility index (Phi) is 7.85. The maximum atomic E-state index is 13.9. The Bertz CT molecular complexity index is 977. The van der Waals surface area contributed by atoms with Crippen molar-refractivity contribution < 1.29 is 14.3 Å². The maximum Gasteiger partial charge on any atom is 0.151 e. The number of ether oxygens (including phenoxy) is 2. The van der Waals surface area contributed by atoms with Crippen molar-refractivity contribution >= 4 is 29.0 Å². The summed E-state index contributed by atoms with van der Waals surface area (Å²) in [6, 6.07) is 17.0. The first-order valence-electron chi connectivity index (χ1n) is 14.2. The summed E-state index contributed by atoms with van der Waals surface area (Å²) in [5.41, 5.74) is 1.48. The predicted molar refractivity (Wildman–Crippen MR) is 151 cm³/mol. The molecule has 0 aromatic heterocycles. The Balaban J connectivity index is 1.20. The molecule has 3 nitrogen and oxygen atoms in total. The van der Waals surface area contributed by atoms with Crippen molar-refractivity contribution in [1.29, 1.82) is 0 Å². The number of hydrogen-bond acceptors (Lipinski definition) is 3. The summed E-state index contributed by atoms with van der Waals surface area (Å²) in [6.45, 7) is 5.70. The lowest BCUT2D eigenvalue weighted by atomic mass is 9.42. The van der Waals surface area contributed by atoms with Crippen LogP contribution in [-0.4, -0.2) is 23.3 Å². The zero-order valence-electron chi connectivity index (χ0n) is 22.2. The van der Waals surface area contributed by atoms with Crippen LogP contribution >= 0.6 is 23.2 Å². The Labute approximate surface area is 232 Å². The molecule has 0 heterocycles. The minimum Gasteiger partial charge on any atom is -0.494 e. The van der Waals surface area contributed by atoms with Crippen molar-refractivity contribution in [1.82, 2.24) is 0 Å². The predicted octanol–water partition coefficient (Wildman–Crippen LogP) is 9.01. The van der Waals surface area contributed by atoms with Crippen LogP contribution in [0.2, 0.25) is 0 Å². The van der Waals surface area contributed by atoms with E-state index in [2.05, 4.69) is 62.4 Å². The molecule has 3 aliphatic rings. The van der Waals surface area contributed by atoms with Crippen molar-refractivity contribution in [3.63, 3.8) is 0 Å². The van der Waals surface area contributed by atoms with Crippen LogP contribution in [-0.2, 0) is 4.79 Å². The summed E-state index contributed by atoms with van der Waals surface area (Å²) in [7, 11) is 0. The number of ketones is 1. The van der Waals surface area contributed by atoms with Crippen LogP contribution in [0.5, 0.6) is 11.5 Å². The molecule has 5 heteroatoms. The average Bonchev–Trinajstić information content (AvgIpc) is 2.95. The van der Waals surface area contributed by atoms with E-state index >= 15 is 0 Å². The molecule has 3 fully saturated rings. The highest BCUT2D eigenvalue weighted by atomic mass is 35.5. The molecule has 3 aliphatic carbocycles. The molecule has 0 radical (unpaired) electrons. The minimum atomic E-state index is -0.970. The van der Waals surface area contributed by atoms with E-state index in [1.54, 1.807) is 0 Å².